The highest BCUT2D eigenvalue weighted by atomic mass is 15.2. The Morgan fingerprint density at radius 2 is 2.05 bits per heavy atom. The number of rotatable bonds is 5. The fourth-order valence-electron chi connectivity index (χ4n) is 3.33. The normalized spacial score (nSPS) is 23.3. The Morgan fingerprint density at radius 3 is 2.74 bits per heavy atom. The van der Waals surface area contributed by atoms with E-state index in [1.807, 2.05) is 0 Å². The highest BCUT2D eigenvalue weighted by molar-refractivity contribution is 5.53. The van der Waals surface area contributed by atoms with Gasteiger partial charge in [-0.25, -0.2) is 0 Å². The van der Waals surface area contributed by atoms with Crippen molar-refractivity contribution >= 4 is 5.69 Å². The first-order chi connectivity index (χ1) is 9.22. The molecule has 19 heavy (non-hydrogen) atoms. The number of nitrogens with two attached hydrogens (primary N) is 1. The van der Waals surface area contributed by atoms with Crippen LogP contribution in [0.5, 0.6) is 0 Å². The number of aryl methyl sites for hydroxylation is 1. The van der Waals surface area contributed by atoms with Crippen LogP contribution in [0.15, 0.2) is 24.3 Å². The number of anilines is 1. The van der Waals surface area contributed by atoms with Crippen molar-refractivity contribution in [2.75, 3.05) is 18.0 Å². The topological polar surface area (TPSA) is 29.3 Å². The van der Waals surface area contributed by atoms with Gasteiger partial charge in [-0.05, 0) is 50.3 Å². The second-order valence-corrected chi connectivity index (χ2v) is 6.05. The summed E-state index contributed by atoms with van der Waals surface area (Å²) in [6.45, 7) is 6.49. The Kier molecular flexibility index (Phi) is 5.26. The Labute approximate surface area is 118 Å². The lowest BCUT2D eigenvalue weighted by molar-refractivity contribution is 0.328. The van der Waals surface area contributed by atoms with Crippen LogP contribution < -0.4 is 10.6 Å². The van der Waals surface area contributed by atoms with Gasteiger partial charge in [0.05, 0.1) is 0 Å². The molecule has 1 aromatic carbocycles. The van der Waals surface area contributed by atoms with Crippen molar-refractivity contribution in [3.05, 3.63) is 29.8 Å². The molecule has 1 aliphatic carbocycles. The summed E-state index contributed by atoms with van der Waals surface area (Å²) < 4.78 is 0. The Morgan fingerprint density at radius 1 is 1.26 bits per heavy atom. The molecule has 0 spiro atoms. The predicted molar refractivity (Wildman–Crippen MR) is 83.6 cm³/mol. The van der Waals surface area contributed by atoms with Gasteiger partial charge in [-0.1, -0.05) is 38.0 Å². The summed E-state index contributed by atoms with van der Waals surface area (Å²) >= 11 is 0. The van der Waals surface area contributed by atoms with Crippen LogP contribution in [0.3, 0.4) is 0 Å². The molecule has 106 valence electrons. The van der Waals surface area contributed by atoms with E-state index in [4.69, 9.17) is 5.73 Å². The fourth-order valence-corrected chi connectivity index (χ4v) is 3.33. The first-order valence-corrected chi connectivity index (χ1v) is 7.74. The van der Waals surface area contributed by atoms with Gasteiger partial charge < -0.3 is 10.6 Å². The fraction of sp³-hybridized carbons (Fsp3) is 0.647. The lowest BCUT2D eigenvalue weighted by Crippen LogP contribution is -2.40. The van der Waals surface area contributed by atoms with E-state index in [1.165, 1.54) is 36.9 Å². The maximum absolute atomic E-state index is 5.72. The summed E-state index contributed by atoms with van der Waals surface area (Å²) in [7, 11) is 0. The van der Waals surface area contributed by atoms with Gasteiger partial charge >= 0.3 is 0 Å². The van der Waals surface area contributed by atoms with E-state index in [0.29, 0.717) is 6.04 Å². The SMILES string of the molecule is Cc1ccccc1N(CCCN)C1CCCC(C)C1. The van der Waals surface area contributed by atoms with Gasteiger partial charge in [-0.15, -0.1) is 0 Å². The second-order valence-electron chi connectivity index (χ2n) is 6.05. The molecule has 0 aliphatic heterocycles. The van der Waals surface area contributed by atoms with Crippen molar-refractivity contribution in [3.63, 3.8) is 0 Å². The third-order valence-electron chi connectivity index (χ3n) is 4.38. The molecule has 0 radical (unpaired) electrons. The standard InChI is InChI=1S/C17H28N2/c1-14-7-5-9-16(13-14)19(12-6-11-18)17-10-4-3-8-15(17)2/h3-4,8,10,14,16H,5-7,9,11-13,18H2,1-2H3. The minimum atomic E-state index is 0.705. The van der Waals surface area contributed by atoms with E-state index in [1.54, 1.807) is 0 Å². The molecule has 2 nitrogen and oxygen atoms in total. The number of hydrogen-bond donors (Lipinski definition) is 1. The zero-order valence-corrected chi connectivity index (χ0v) is 12.4. The molecule has 0 heterocycles. The molecule has 2 atom stereocenters. The first kappa shape index (κ1) is 14.4. The third-order valence-corrected chi connectivity index (χ3v) is 4.38. The molecular formula is C17H28N2. The molecule has 1 aromatic rings. The molecule has 1 aliphatic rings. The van der Waals surface area contributed by atoms with Crippen molar-refractivity contribution in [2.24, 2.45) is 11.7 Å². The quantitative estimate of drug-likeness (QED) is 0.874. The Hall–Kier alpha value is -1.02. The van der Waals surface area contributed by atoms with Crippen LogP contribution in [0.2, 0.25) is 0 Å². The van der Waals surface area contributed by atoms with Crippen LogP contribution in [0.4, 0.5) is 5.69 Å². The van der Waals surface area contributed by atoms with Gasteiger partial charge in [-0.3, -0.25) is 0 Å². The van der Waals surface area contributed by atoms with Crippen molar-refractivity contribution in [1.29, 1.82) is 0 Å². The van der Waals surface area contributed by atoms with Crippen LogP contribution >= 0.6 is 0 Å². The molecule has 1 fully saturated rings. The van der Waals surface area contributed by atoms with Crippen LogP contribution in [0.1, 0.15) is 44.6 Å². The largest absolute Gasteiger partial charge is 0.368 e. The molecule has 0 amide bonds. The zero-order valence-electron chi connectivity index (χ0n) is 12.4. The highest BCUT2D eigenvalue weighted by Gasteiger charge is 2.25. The van der Waals surface area contributed by atoms with Gasteiger partial charge in [0.15, 0.2) is 0 Å². The van der Waals surface area contributed by atoms with Crippen molar-refractivity contribution in [2.45, 2.75) is 52.0 Å². The molecule has 1 saturated carbocycles. The van der Waals surface area contributed by atoms with Gasteiger partial charge in [0.25, 0.3) is 0 Å². The zero-order chi connectivity index (χ0) is 13.7. The molecular weight excluding hydrogens is 232 g/mol. The van der Waals surface area contributed by atoms with E-state index >= 15 is 0 Å². The summed E-state index contributed by atoms with van der Waals surface area (Å²) in [4.78, 5) is 2.62. The second kappa shape index (κ2) is 6.95. The molecule has 2 unspecified atom stereocenters. The number of para-hydroxylation sites is 1. The average Bonchev–Trinajstić information content (AvgIpc) is 2.41. The summed E-state index contributed by atoms with van der Waals surface area (Å²) in [5.74, 6) is 0.864. The average molecular weight is 260 g/mol. The predicted octanol–water partition coefficient (Wildman–Crippen LogP) is 3.73. The number of benzene rings is 1. The van der Waals surface area contributed by atoms with Crippen LogP contribution in [0.25, 0.3) is 0 Å². The van der Waals surface area contributed by atoms with Crippen molar-refractivity contribution in [3.8, 4) is 0 Å². The maximum atomic E-state index is 5.72. The van der Waals surface area contributed by atoms with Crippen LogP contribution in [-0.2, 0) is 0 Å². The monoisotopic (exact) mass is 260 g/mol. The van der Waals surface area contributed by atoms with Crippen molar-refractivity contribution < 1.29 is 0 Å². The summed E-state index contributed by atoms with van der Waals surface area (Å²) in [5, 5.41) is 0. The molecule has 0 saturated heterocycles. The van der Waals surface area contributed by atoms with Crippen molar-refractivity contribution in [1.82, 2.24) is 0 Å². The third kappa shape index (κ3) is 3.73. The lowest BCUT2D eigenvalue weighted by atomic mass is 9.85. The van der Waals surface area contributed by atoms with E-state index in [0.717, 1.165) is 25.4 Å². The van der Waals surface area contributed by atoms with E-state index in [2.05, 4.69) is 43.0 Å². The van der Waals surface area contributed by atoms with Gasteiger partial charge in [0.1, 0.15) is 0 Å². The Balaban J connectivity index is 2.17. The summed E-state index contributed by atoms with van der Waals surface area (Å²) in [5.41, 5.74) is 8.52. The van der Waals surface area contributed by atoms with Gasteiger partial charge in [0, 0.05) is 18.3 Å². The number of nitrogens with zero attached hydrogens (tertiary/aromatic N) is 1. The van der Waals surface area contributed by atoms with Crippen LogP contribution in [-0.4, -0.2) is 19.1 Å². The van der Waals surface area contributed by atoms with Crippen LogP contribution in [0, 0.1) is 12.8 Å². The van der Waals surface area contributed by atoms with Gasteiger partial charge in [0.2, 0.25) is 0 Å². The maximum Gasteiger partial charge on any atom is 0.0398 e. The lowest BCUT2D eigenvalue weighted by Gasteiger charge is -2.39. The Bertz CT molecular complexity index is 389. The minimum absolute atomic E-state index is 0.705. The molecule has 2 N–H and O–H groups in total. The highest BCUT2D eigenvalue weighted by Crippen LogP contribution is 2.32. The molecule has 0 aromatic heterocycles. The number of hydrogen-bond acceptors (Lipinski definition) is 2. The molecule has 2 rings (SSSR count). The van der Waals surface area contributed by atoms with E-state index in [9.17, 15) is 0 Å². The van der Waals surface area contributed by atoms with E-state index < -0.39 is 0 Å². The molecule has 2 heteroatoms. The first-order valence-electron chi connectivity index (χ1n) is 7.74. The molecule has 0 bridgehead atoms. The minimum Gasteiger partial charge on any atom is -0.368 e. The van der Waals surface area contributed by atoms with Gasteiger partial charge in [-0.2, -0.15) is 0 Å². The van der Waals surface area contributed by atoms with E-state index in [-0.39, 0.29) is 0 Å². The summed E-state index contributed by atoms with van der Waals surface area (Å²) in [6.07, 6.45) is 6.52. The summed E-state index contributed by atoms with van der Waals surface area (Å²) in [6, 6.07) is 9.48. The smallest absolute Gasteiger partial charge is 0.0398 e.